The third-order valence-corrected chi connectivity index (χ3v) is 3.65. The highest BCUT2D eigenvalue weighted by Gasteiger charge is 2.42. The molecule has 1 saturated heterocycles. The number of halogens is 1. The molecule has 0 radical (unpaired) electrons. The van der Waals surface area contributed by atoms with E-state index in [9.17, 15) is 14.3 Å². The SMILES string of the molecule is CN1CCC(C(=O)O)(c2ccc(F)cc2)CC1. The first-order valence-corrected chi connectivity index (χ1v) is 5.72. The molecule has 0 spiro atoms. The molecule has 0 saturated carbocycles. The van der Waals surface area contributed by atoms with E-state index in [1.807, 2.05) is 7.05 Å². The van der Waals surface area contributed by atoms with E-state index in [1.54, 1.807) is 12.1 Å². The molecule has 1 aliphatic heterocycles. The van der Waals surface area contributed by atoms with Gasteiger partial charge in [-0.25, -0.2) is 4.39 Å². The van der Waals surface area contributed by atoms with Gasteiger partial charge in [-0.05, 0) is 50.7 Å². The Morgan fingerprint density at radius 1 is 1.29 bits per heavy atom. The molecular formula is C13H16FNO2. The second-order valence-electron chi connectivity index (χ2n) is 4.70. The van der Waals surface area contributed by atoms with E-state index in [4.69, 9.17) is 0 Å². The number of aliphatic carboxylic acids is 1. The summed E-state index contributed by atoms with van der Waals surface area (Å²) in [5.74, 6) is -1.14. The Hall–Kier alpha value is -1.42. The zero-order valence-corrected chi connectivity index (χ0v) is 9.82. The van der Waals surface area contributed by atoms with E-state index in [0.29, 0.717) is 18.4 Å². The Morgan fingerprint density at radius 2 is 1.82 bits per heavy atom. The summed E-state index contributed by atoms with van der Waals surface area (Å²) in [7, 11) is 1.98. The standard InChI is InChI=1S/C13H16FNO2/c1-15-8-6-13(7-9-15,12(16)17)10-2-4-11(14)5-3-10/h2-5H,6-9H2,1H3,(H,16,17). The normalized spacial score (nSPS) is 20.1. The minimum atomic E-state index is -0.847. The van der Waals surface area contributed by atoms with Crippen molar-refractivity contribution >= 4 is 5.97 Å². The van der Waals surface area contributed by atoms with Gasteiger partial charge in [-0.1, -0.05) is 12.1 Å². The second-order valence-corrected chi connectivity index (χ2v) is 4.70. The first-order valence-electron chi connectivity index (χ1n) is 5.72. The number of hydrogen-bond donors (Lipinski definition) is 1. The summed E-state index contributed by atoms with van der Waals surface area (Å²) >= 11 is 0. The van der Waals surface area contributed by atoms with E-state index in [2.05, 4.69) is 4.90 Å². The van der Waals surface area contributed by atoms with Crippen molar-refractivity contribution in [2.75, 3.05) is 20.1 Å². The number of carbonyl (C=O) groups is 1. The summed E-state index contributed by atoms with van der Waals surface area (Å²) in [6, 6.07) is 5.85. The molecule has 1 N–H and O–H groups in total. The molecule has 4 heteroatoms. The van der Waals surface area contributed by atoms with E-state index in [0.717, 1.165) is 13.1 Å². The predicted molar refractivity (Wildman–Crippen MR) is 62.4 cm³/mol. The number of carboxylic acid groups (broad SMARTS) is 1. The Balaban J connectivity index is 2.35. The summed E-state index contributed by atoms with van der Waals surface area (Å²) in [5, 5.41) is 9.49. The lowest BCUT2D eigenvalue weighted by Crippen LogP contribution is -2.46. The van der Waals surface area contributed by atoms with Crippen molar-refractivity contribution < 1.29 is 14.3 Å². The van der Waals surface area contributed by atoms with Gasteiger partial charge >= 0.3 is 5.97 Å². The topological polar surface area (TPSA) is 40.5 Å². The van der Waals surface area contributed by atoms with Crippen molar-refractivity contribution in [1.29, 1.82) is 0 Å². The number of nitrogens with zero attached hydrogens (tertiary/aromatic N) is 1. The van der Waals surface area contributed by atoms with Crippen LogP contribution in [0.25, 0.3) is 0 Å². The highest BCUT2D eigenvalue weighted by molar-refractivity contribution is 5.81. The van der Waals surface area contributed by atoms with E-state index in [-0.39, 0.29) is 5.82 Å². The Morgan fingerprint density at radius 3 is 2.29 bits per heavy atom. The molecule has 0 aliphatic carbocycles. The van der Waals surface area contributed by atoms with Gasteiger partial charge in [-0.3, -0.25) is 4.79 Å². The van der Waals surface area contributed by atoms with E-state index >= 15 is 0 Å². The zero-order chi connectivity index (χ0) is 12.5. The molecule has 3 nitrogen and oxygen atoms in total. The van der Waals surface area contributed by atoms with Crippen molar-refractivity contribution in [3.05, 3.63) is 35.6 Å². The Labute approximate surface area is 99.9 Å². The third kappa shape index (κ3) is 2.17. The highest BCUT2D eigenvalue weighted by Crippen LogP contribution is 2.35. The summed E-state index contributed by atoms with van der Waals surface area (Å²) < 4.78 is 12.9. The van der Waals surface area contributed by atoms with Crippen LogP contribution in [-0.4, -0.2) is 36.1 Å². The summed E-state index contributed by atoms with van der Waals surface area (Å²) in [6.45, 7) is 1.51. The Bertz CT molecular complexity index is 408. The first-order chi connectivity index (χ1) is 8.04. The molecule has 1 aromatic carbocycles. The van der Waals surface area contributed by atoms with Crippen LogP contribution in [0.1, 0.15) is 18.4 Å². The minimum Gasteiger partial charge on any atom is -0.481 e. The van der Waals surface area contributed by atoms with Crippen LogP contribution in [0.5, 0.6) is 0 Å². The minimum absolute atomic E-state index is 0.331. The van der Waals surface area contributed by atoms with Crippen molar-refractivity contribution in [1.82, 2.24) is 4.90 Å². The van der Waals surface area contributed by atoms with Gasteiger partial charge in [-0.15, -0.1) is 0 Å². The fourth-order valence-electron chi connectivity index (χ4n) is 2.40. The van der Waals surface area contributed by atoms with Crippen LogP contribution in [0.15, 0.2) is 24.3 Å². The maximum absolute atomic E-state index is 12.9. The molecule has 0 atom stereocenters. The van der Waals surface area contributed by atoms with Crippen LogP contribution in [0, 0.1) is 5.82 Å². The van der Waals surface area contributed by atoms with Crippen molar-refractivity contribution in [2.24, 2.45) is 0 Å². The molecule has 17 heavy (non-hydrogen) atoms. The first kappa shape index (κ1) is 12.0. The van der Waals surface area contributed by atoms with Crippen LogP contribution < -0.4 is 0 Å². The molecule has 1 fully saturated rings. The molecule has 92 valence electrons. The van der Waals surface area contributed by atoms with Crippen LogP contribution in [-0.2, 0) is 10.2 Å². The number of rotatable bonds is 2. The lowest BCUT2D eigenvalue weighted by molar-refractivity contribution is -0.145. The van der Waals surface area contributed by atoms with Crippen molar-refractivity contribution in [3.8, 4) is 0 Å². The average molecular weight is 237 g/mol. The second kappa shape index (κ2) is 4.45. The molecule has 1 heterocycles. The molecule has 0 amide bonds. The molecule has 0 unspecified atom stereocenters. The monoisotopic (exact) mass is 237 g/mol. The molecule has 0 aromatic heterocycles. The number of piperidine rings is 1. The smallest absolute Gasteiger partial charge is 0.314 e. The van der Waals surface area contributed by atoms with Crippen molar-refractivity contribution in [2.45, 2.75) is 18.3 Å². The molecule has 1 aliphatic rings. The van der Waals surface area contributed by atoms with Crippen molar-refractivity contribution in [3.63, 3.8) is 0 Å². The van der Waals surface area contributed by atoms with Gasteiger partial charge < -0.3 is 10.0 Å². The van der Waals surface area contributed by atoms with Crippen LogP contribution in [0.4, 0.5) is 4.39 Å². The summed E-state index contributed by atoms with van der Waals surface area (Å²) in [4.78, 5) is 13.7. The van der Waals surface area contributed by atoms with Gasteiger partial charge in [0.05, 0.1) is 5.41 Å². The molecule has 1 aromatic rings. The number of benzene rings is 1. The maximum Gasteiger partial charge on any atom is 0.314 e. The van der Waals surface area contributed by atoms with Crippen LogP contribution >= 0.6 is 0 Å². The highest BCUT2D eigenvalue weighted by atomic mass is 19.1. The molecule has 2 rings (SSSR count). The van der Waals surface area contributed by atoms with Gasteiger partial charge in [0.25, 0.3) is 0 Å². The largest absolute Gasteiger partial charge is 0.481 e. The quantitative estimate of drug-likeness (QED) is 0.853. The van der Waals surface area contributed by atoms with Crippen LogP contribution in [0.3, 0.4) is 0 Å². The van der Waals surface area contributed by atoms with E-state index < -0.39 is 11.4 Å². The summed E-state index contributed by atoms with van der Waals surface area (Å²) in [6.07, 6.45) is 1.15. The summed E-state index contributed by atoms with van der Waals surface area (Å²) in [5.41, 5.74) is -0.139. The zero-order valence-electron chi connectivity index (χ0n) is 9.82. The van der Waals surface area contributed by atoms with Crippen LogP contribution in [0.2, 0.25) is 0 Å². The number of carboxylic acids is 1. The Kier molecular flexibility index (Phi) is 3.15. The van der Waals surface area contributed by atoms with Gasteiger partial charge in [0, 0.05) is 0 Å². The number of likely N-dealkylation sites (tertiary alicyclic amines) is 1. The van der Waals surface area contributed by atoms with Gasteiger partial charge in [0.2, 0.25) is 0 Å². The fourth-order valence-corrected chi connectivity index (χ4v) is 2.40. The molecule has 0 bridgehead atoms. The lowest BCUT2D eigenvalue weighted by atomic mass is 9.73. The molecular weight excluding hydrogens is 221 g/mol. The van der Waals surface area contributed by atoms with Gasteiger partial charge in [0.1, 0.15) is 5.82 Å². The number of hydrogen-bond acceptors (Lipinski definition) is 2. The fraction of sp³-hybridized carbons (Fsp3) is 0.462. The average Bonchev–Trinajstić information content (AvgIpc) is 2.31. The maximum atomic E-state index is 12.9. The van der Waals surface area contributed by atoms with Gasteiger partial charge in [0.15, 0.2) is 0 Å². The lowest BCUT2D eigenvalue weighted by Gasteiger charge is -2.37. The van der Waals surface area contributed by atoms with E-state index in [1.165, 1.54) is 12.1 Å². The third-order valence-electron chi connectivity index (χ3n) is 3.65. The van der Waals surface area contributed by atoms with Gasteiger partial charge in [-0.2, -0.15) is 0 Å². The predicted octanol–water partition coefficient (Wildman–Crippen LogP) is 1.87.